The largest absolute Gasteiger partial charge is 0.504 e. The molecule has 1 N–H and O–H groups in total. The van der Waals surface area contributed by atoms with E-state index >= 15 is 0 Å². The first-order valence-electron chi connectivity index (χ1n) is 7.17. The maximum atomic E-state index is 9.69. The average Bonchev–Trinajstić information content (AvgIpc) is 3.11. The first-order valence-corrected chi connectivity index (χ1v) is 7.17. The summed E-state index contributed by atoms with van der Waals surface area (Å²) >= 11 is 0. The van der Waals surface area contributed by atoms with Crippen molar-refractivity contribution in [3.8, 4) is 39.9 Å². The van der Waals surface area contributed by atoms with Crippen molar-refractivity contribution in [3.63, 3.8) is 0 Å². The number of phenols is 1. The Balaban J connectivity index is 1.99. The number of nitrogens with zero attached hydrogens (tertiary/aromatic N) is 3. The van der Waals surface area contributed by atoms with Crippen molar-refractivity contribution in [2.75, 3.05) is 21.3 Å². The lowest BCUT2D eigenvalue weighted by Crippen LogP contribution is -1.97. The molecule has 1 heterocycles. The van der Waals surface area contributed by atoms with Crippen LogP contribution in [-0.4, -0.2) is 41.4 Å². The summed E-state index contributed by atoms with van der Waals surface area (Å²) in [7, 11) is 4.68. The van der Waals surface area contributed by atoms with Gasteiger partial charge in [0, 0.05) is 23.8 Å². The van der Waals surface area contributed by atoms with Crippen LogP contribution in [0.3, 0.4) is 0 Å². The van der Waals surface area contributed by atoms with E-state index in [9.17, 15) is 5.11 Å². The van der Waals surface area contributed by atoms with Crippen molar-refractivity contribution in [1.82, 2.24) is 15.0 Å². The monoisotopic (exact) mass is 327 g/mol. The van der Waals surface area contributed by atoms with Gasteiger partial charge in [-0.15, -0.1) is 5.10 Å². The molecule has 0 atom stereocenters. The van der Waals surface area contributed by atoms with Crippen LogP contribution in [0.15, 0.2) is 42.6 Å². The Morgan fingerprint density at radius 3 is 2.25 bits per heavy atom. The maximum absolute atomic E-state index is 9.69. The van der Waals surface area contributed by atoms with E-state index in [-0.39, 0.29) is 5.75 Å². The minimum absolute atomic E-state index is 0.0752. The van der Waals surface area contributed by atoms with Crippen LogP contribution in [0, 0.1) is 0 Å². The van der Waals surface area contributed by atoms with Crippen molar-refractivity contribution in [1.29, 1.82) is 0 Å². The van der Waals surface area contributed by atoms with E-state index in [2.05, 4.69) is 10.3 Å². The average molecular weight is 327 g/mol. The molecule has 0 aliphatic heterocycles. The van der Waals surface area contributed by atoms with E-state index in [1.807, 2.05) is 12.1 Å². The second-order valence-electron chi connectivity index (χ2n) is 5.01. The normalized spacial score (nSPS) is 10.5. The summed E-state index contributed by atoms with van der Waals surface area (Å²) in [5, 5.41) is 18.0. The first-order chi connectivity index (χ1) is 11.6. The quantitative estimate of drug-likeness (QED) is 0.776. The molecule has 3 rings (SSSR count). The van der Waals surface area contributed by atoms with Crippen molar-refractivity contribution >= 4 is 0 Å². The van der Waals surface area contributed by atoms with Gasteiger partial charge in [-0.05, 0) is 18.2 Å². The zero-order chi connectivity index (χ0) is 17.1. The third kappa shape index (κ3) is 2.96. The molecule has 0 saturated heterocycles. The molecular weight excluding hydrogens is 310 g/mol. The zero-order valence-electron chi connectivity index (χ0n) is 13.6. The lowest BCUT2D eigenvalue weighted by Gasteiger charge is -2.07. The molecular formula is C17H17N3O4. The van der Waals surface area contributed by atoms with E-state index in [4.69, 9.17) is 14.2 Å². The van der Waals surface area contributed by atoms with Crippen LogP contribution < -0.4 is 14.2 Å². The Kier molecular flexibility index (Phi) is 4.24. The predicted octanol–water partition coefficient (Wildman–Crippen LogP) is 2.67. The van der Waals surface area contributed by atoms with Gasteiger partial charge in [0.15, 0.2) is 11.5 Å². The van der Waals surface area contributed by atoms with Crippen LogP contribution in [0.1, 0.15) is 0 Å². The molecule has 0 saturated carbocycles. The number of ether oxygens (including phenoxy) is 3. The molecule has 3 aromatic rings. The molecule has 2 aromatic carbocycles. The first kappa shape index (κ1) is 15.7. The van der Waals surface area contributed by atoms with E-state index in [0.717, 1.165) is 11.3 Å². The van der Waals surface area contributed by atoms with Gasteiger partial charge in [0.1, 0.15) is 17.2 Å². The second-order valence-corrected chi connectivity index (χ2v) is 5.01. The molecule has 0 unspecified atom stereocenters. The molecule has 0 spiro atoms. The van der Waals surface area contributed by atoms with Crippen molar-refractivity contribution in [3.05, 3.63) is 42.6 Å². The van der Waals surface area contributed by atoms with Gasteiger partial charge in [-0.25, -0.2) is 4.68 Å². The molecule has 0 fully saturated rings. The highest BCUT2D eigenvalue weighted by Crippen LogP contribution is 2.31. The molecule has 0 bridgehead atoms. The Hall–Kier alpha value is -3.22. The maximum Gasteiger partial charge on any atom is 0.161 e. The van der Waals surface area contributed by atoms with Crippen molar-refractivity contribution < 1.29 is 19.3 Å². The van der Waals surface area contributed by atoms with Gasteiger partial charge in [0.05, 0.1) is 33.2 Å². The fraction of sp³-hybridized carbons (Fsp3) is 0.176. The van der Waals surface area contributed by atoms with Gasteiger partial charge in [-0.1, -0.05) is 5.21 Å². The fourth-order valence-corrected chi connectivity index (χ4v) is 2.28. The Morgan fingerprint density at radius 2 is 1.62 bits per heavy atom. The highest BCUT2D eigenvalue weighted by atomic mass is 16.5. The van der Waals surface area contributed by atoms with Crippen molar-refractivity contribution in [2.45, 2.75) is 0 Å². The number of benzene rings is 2. The summed E-state index contributed by atoms with van der Waals surface area (Å²) in [6.07, 6.45) is 1.78. The summed E-state index contributed by atoms with van der Waals surface area (Å²) in [4.78, 5) is 0. The lowest BCUT2D eigenvalue weighted by molar-refractivity contribution is 0.373. The Labute approximate surface area is 139 Å². The number of phenolic OH excluding ortho intramolecular Hbond substituents is 1. The number of methoxy groups -OCH3 is 3. The van der Waals surface area contributed by atoms with E-state index in [1.165, 1.54) is 7.11 Å². The smallest absolute Gasteiger partial charge is 0.161 e. The summed E-state index contributed by atoms with van der Waals surface area (Å²) in [6, 6.07) is 10.5. The topological polar surface area (TPSA) is 78.6 Å². The predicted molar refractivity (Wildman–Crippen MR) is 88.1 cm³/mol. The Bertz CT molecular complexity index is 839. The van der Waals surface area contributed by atoms with Crippen LogP contribution >= 0.6 is 0 Å². The van der Waals surface area contributed by atoms with E-state index < -0.39 is 0 Å². The van der Waals surface area contributed by atoms with Gasteiger partial charge in [0.2, 0.25) is 0 Å². The van der Waals surface area contributed by atoms with E-state index in [0.29, 0.717) is 22.9 Å². The van der Waals surface area contributed by atoms with Gasteiger partial charge in [-0.2, -0.15) is 0 Å². The Morgan fingerprint density at radius 1 is 0.917 bits per heavy atom. The number of rotatable bonds is 5. The van der Waals surface area contributed by atoms with Crippen LogP contribution in [0.5, 0.6) is 23.0 Å². The van der Waals surface area contributed by atoms with Gasteiger partial charge in [-0.3, -0.25) is 0 Å². The minimum atomic E-state index is 0.0752. The standard InChI is InChI=1S/C17H17N3O4/c1-22-13-7-12(8-14(9-13)23-2)20-10-15(18-19-20)11-4-5-16(21)17(6-11)24-3/h4-10,21H,1-3H3. The number of hydrogen-bond acceptors (Lipinski definition) is 6. The van der Waals surface area contributed by atoms with Crippen LogP contribution in [-0.2, 0) is 0 Å². The summed E-state index contributed by atoms with van der Waals surface area (Å²) < 4.78 is 17.3. The SMILES string of the molecule is COc1cc(OC)cc(-n2cc(-c3ccc(O)c(OC)c3)nn2)c1. The fourth-order valence-electron chi connectivity index (χ4n) is 2.28. The van der Waals surface area contributed by atoms with Gasteiger partial charge < -0.3 is 19.3 Å². The zero-order valence-corrected chi connectivity index (χ0v) is 13.6. The molecule has 24 heavy (non-hydrogen) atoms. The van der Waals surface area contributed by atoms with E-state index in [1.54, 1.807) is 49.4 Å². The van der Waals surface area contributed by atoms with Crippen LogP contribution in [0.2, 0.25) is 0 Å². The number of aromatic nitrogens is 3. The summed E-state index contributed by atoms with van der Waals surface area (Å²) in [5.74, 6) is 1.77. The third-order valence-corrected chi connectivity index (χ3v) is 3.57. The number of hydrogen-bond donors (Lipinski definition) is 1. The van der Waals surface area contributed by atoms with Gasteiger partial charge >= 0.3 is 0 Å². The van der Waals surface area contributed by atoms with Gasteiger partial charge in [0.25, 0.3) is 0 Å². The minimum Gasteiger partial charge on any atom is -0.504 e. The highest BCUT2D eigenvalue weighted by molar-refractivity contribution is 5.63. The second kappa shape index (κ2) is 6.49. The molecule has 1 aromatic heterocycles. The van der Waals surface area contributed by atoms with Crippen molar-refractivity contribution in [2.24, 2.45) is 0 Å². The molecule has 124 valence electrons. The summed E-state index contributed by atoms with van der Waals surface area (Å²) in [5.41, 5.74) is 2.19. The van der Waals surface area contributed by atoms with Crippen LogP contribution in [0.4, 0.5) is 0 Å². The molecule has 0 radical (unpaired) electrons. The highest BCUT2D eigenvalue weighted by Gasteiger charge is 2.10. The molecule has 0 amide bonds. The summed E-state index contributed by atoms with van der Waals surface area (Å²) in [6.45, 7) is 0. The molecule has 7 nitrogen and oxygen atoms in total. The number of aromatic hydroxyl groups is 1. The third-order valence-electron chi connectivity index (χ3n) is 3.57. The lowest BCUT2D eigenvalue weighted by atomic mass is 10.1. The molecule has 0 aliphatic carbocycles. The molecule has 0 aliphatic rings. The molecule has 7 heteroatoms. The van der Waals surface area contributed by atoms with Crippen LogP contribution in [0.25, 0.3) is 16.9 Å².